The molecule has 8 nitrogen and oxygen atoms in total. The Balaban J connectivity index is 1.52. The minimum atomic E-state index is -1.17. The number of hydrogen-bond acceptors (Lipinski definition) is 5. The quantitative estimate of drug-likeness (QED) is 0.703. The van der Waals surface area contributed by atoms with Gasteiger partial charge in [-0.05, 0) is 63.1 Å². The van der Waals surface area contributed by atoms with E-state index < -0.39 is 11.5 Å². The van der Waals surface area contributed by atoms with E-state index in [2.05, 4.69) is 16.3 Å². The first-order valence-corrected chi connectivity index (χ1v) is 10.7. The topological polar surface area (TPSA) is 117 Å². The summed E-state index contributed by atoms with van der Waals surface area (Å²) in [6.45, 7) is 2.11. The van der Waals surface area contributed by atoms with Gasteiger partial charge < -0.3 is 20.0 Å². The van der Waals surface area contributed by atoms with Gasteiger partial charge in [-0.1, -0.05) is 0 Å². The van der Waals surface area contributed by atoms with Gasteiger partial charge in [0, 0.05) is 31.4 Å². The molecule has 2 aliphatic heterocycles. The Hall–Kier alpha value is -2.79. The van der Waals surface area contributed by atoms with Crippen LogP contribution in [-0.2, 0) is 4.79 Å². The molecule has 0 radical (unpaired) electrons. The molecule has 2 heterocycles. The lowest BCUT2D eigenvalue weighted by Crippen LogP contribution is -2.50. The SMILES string of the molecule is N#Cc1cc(NC(=O)O)ccc1N1CCC[C@]2(CCN(C3CCC(O)CC3)C2=O)C1. The van der Waals surface area contributed by atoms with Gasteiger partial charge in [-0.3, -0.25) is 10.1 Å². The number of anilines is 2. The molecule has 0 unspecified atom stereocenters. The zero-order chi connectivity index (χ0) is 21.3. The van der Waals surface area contributed by atoms with Gasteiger partial charge in [0.05, 0.1) is 22.8 Å². The number of carbonyl (C=O) groups excluding carboxylic acids is 1. The van der Waals surface area contributed by atoms with Gasteiger partial charge >= 0.3 is 6.09 Å². The standard InChI is InChI=1S/C22H28N4O4/c23-13-15-12-16(24-21(29)30)2-7-19(15)25-10-1-8-22(14-25)9-11-26(20(22)28)17-3-5-18(27)6-4-17/h2,7,12,17-18,24,27H,1,3-6,8-11,14H2,(H,29,30)/t17?,18?,22-/m0/s1. The minimum absolute atomic E-state index is 0.219. The number of nitriles is 1. The van der Waals surface area contributed by atoms with Crippen LogP contribution in [0.25, 0.3) is 0 Å². The van der Waals surface area contributed by atoms with Crippen molar-refractivity contribution in [3.8, 4) is 6.07 Å². The minimum Gasteiger partial charge on any atom is -0.465 e. The van der Waals surface area contributed by atoms with Crippen LogP contribution in [0.4, 0.5) is 16.2 Å². The van der Waals surface area contributed by atoms with Gasteiger partial charge in [0.1, 0.15) is 6.07 Å². The van der Waals surface area contributed by atoms with Crippen LogP contribution < -0.4 is 10.2 Å². The number of hydrogen-bond donors (Lipinski definition) is 3. The second kappa shape index (κ2) is 8.15. The molecule has 0 bridgehead atoms. The maximum Gasteiger partial charge on any atom is 0.409 e. The van der Waals surface area contributed by atoms with Crippen molar-refractivity contribution in [1.29, 1.82) is 5.26 Å². The lowest BCUT2D eigenvalue weighted by atomic mass is 9.78. The number of carboxylic acid groups (broad SMARTS) is 1. The van der Waals surface area contributed by atoms with Gasteiger partial charge in [-0.15, -0.1) is 0 Å². The zero-order valence-corrected chi connectivity index (χ0v) is 17.0. The molecule has 3 fully saturated rings. The molecule has 1 aromatic carbocycles. The average molecular weight is 412 g/mol. The number of aliphatic hydroxyl groups excluding tert-OH is 1. The normalized spacial score (nSPS) is 29.1. The third kappa shape index (κ3) is 3.82. The first-order chi connectivity index (χ1) is 14.4. The molecule has 30 heavy (non-hydrogen) atoms. The molecule has 1 aromatic rings. The van der Waals surface area contributed by atoms with Gasteiger partial charge in [0.25, 0.3) is 0 Å². The number of benzene rings is 1. The fourth-order valence-corrected chi connectivity index (χ4v) is 5.38. The van der Waals surface area contributed by atoms with Crippen LogP contribution in [0.3, 0.4) is 0 Å². The van der Waals surface area contributed by atoms with E-state index in [9.17, 15) is 20.0 Å². The number of rotatable bonds is 3. The average Bonchev–Trinajstić information content (AvgIpc) is 3.03. The van der Waals surface area contributed by atoms with Gasteiger partial charge in [0.2, 0.25) is 5.91 Å². The molecule has 3 aliphatic rings. The predicted molar refractivity (Wildman–Crippen MR) is 111 cm³/mol. The number of nitrogens with zero attached hydrogens (tertiary/aromatic N) is 3. The van der Waals surface area contributed by atoms with Crippen LogP contribution >= 0.6 is 0 Å². The number of piperidine rings is 1. The summed E-state index contributed by atoms with van der Waals surface area (Å²) < 4.78 is 0. The summed E-state index contributed by atoms with van der Waals surface area (Å²) in [4.78, 5) is 28.5. The fourth-order valence-electron chi connectivity index (χ4n) is 5.38. The summed E-state index contributed by atoms with van der Waals surface area (Å²) in [5.74, 6) is 0.219. The van der Waals surface area contributed by atoms with Crippen LogP contribution in [-0.4, -0.2) is 58.9 Å². The molecule has 2 saturated heterocycles. The zero-order valence-electron chi connectivity index (χ0n) is 17.0. The van der Waals surface area contributed by atoms with Crippen molar-refractivity contribution >= 4 is 23.4 Å². The summed E-state index contributed by atoms with van der Waals surface area (Å²) in [6, 6.07) is 7.36. The van der Waals surface area contributed by atoms with Crippen molar-refractivity contribution in [2.24, 2.45) is 5.41 Å². The van der Waals surface area contributed by atoms with E-state index in [1.165, 1.54) is 0 Å². The number of likely N-dealkylation sites (tertiary alicyclic amines) is 1. The highest BCUT2D eigenvalue weighted by Crippen LogP contribution is 2.44. The molecule has 3 N–H and O–H groups in total. The molecule has 1 saturated carbocycles. The molecule has 160 valence electrons. The summed E-state index contributed by atoms with van der Waals surface area (Å²) in [6.07, 6.45) is 4.40. The number of aliphatic hydroxyl groups is 1. The van der Waals surface area contributed by atoms with E-state index in [-0.39, 0.29) is 18.1 Å². The summed E-state index contributed by atoms with van der Waals surface area (Å²) >= 11 is 0. The molecule has 2 amide bonds. The highest BCUT2D eigenvalue weighted by Gasteiger charge is 2.50. The Bertz CT molecular complexity index is 874. The van der Waals surface area contributed by atoms with E-state index >= 15 is 0 Å². The molecular formula is C22H28N4O4. The van der Waals surface area contributed by atoms with E-state index in [1.54, 1.807) is 18.2 Å². The van der Waals surface area contributed by atoms with Crippen LogP contribution in [0.15, 0.2) is 18.2 Å². The third-order valence-corrected chi connectivity index (χ3v) is 6.94. The molecule has 1 atom stereocenters. The Morgan fingerprint density at radius 2 is 1.97 bits per heavy atom. The van der Waals surface area contributed by atoms with E-state index in [4.69, 9.17) is 5.11 Å². The van der Waals surface area contributed by atoms with Crippen LogP contribution in [0, 0.1) is 16.7 Å². The smallest absolute Gasteiger partial charge is 0.409 e. The monoisotopic (exact) mass is 412 g/mol. The lowest BCUT2D eigenvalue weighted by Gasteiger charge is -2.41. The Morgan fingerprint density at radius 3 is 2.67 bits per heavy atom. The maximum atomic E-state index is 13.5. The second-order valence-electron chi connectivity index (χ2n) is 8.79. The molecule has 0 aromatic heterocycles. The van der Waals surface area contributed by atoms with Gasteiger partial charge in [0.15, 0.2) is 0 Å². The van der Waals surface area contributed by atoms with Crippen molar-refractivity contribution in [2.75, 3.05) is 29.9 Å². The van der Waals surface area contributed by atoms with Gasteiger partial charge in [-0.25, -0.2) is 4.79 Å². The molecule has 1 spiro atoms. The van der Waals surface area contributed by atoms with Crippen molar-refractivity contribution in [2.45, 2.75) is 57.1 Å². The highest BCUT2D eigenvalue weighted by atomic mass is 16.4. The largest absolute Gasteiger partial charge is 0.465 e. The van der Waals surface area contributed by atoms with E-state index in [0.29, 0.717) is 17.8 Å². The number of nitrogens with one attached hydrogen (secondary N) is 1. The van der Waals surface area contributed by atoms with Gasteiger partial charge in [-0.2, -0.15) is 5.26 Å². The third-order valence-electron chi connectivity index (χ3n) is 6.94. The first kappa shape index (κ1) is 20.5. The summed E-state index contributed by atoms with van der Waals surface area (Å²) in [7, 11) is 0. The molecular weight excluding hydrogens is 384 g/mol. The summed E-state index contributed by atoms with van der Waals surface area (Å²) in [5.41, 5.74) is 1.09. The van der Waals surface area contributed by atoms with Crippen molar-refractivity contribution in [3.05, 3.63) is 23.8 Å². The lowest BCUT2D eigenvalue weighted by molar-refractivity contribution is -0.139. The maximum absolute atomic E-state index is 13.5. The van der Waals surface area contributed by atoms with Crippen LogP contribution in [0.1, 0.15) is 50.5 Å². The van der Waals surface area contributed by atoms with Crippen LogP contribution in [0.5, 0.6) is 0 Å². The first-order valence-electron chi connectivity index (χ1n) is 10.7. The van der Waals surface area contributed by atoms with E-state index in [1.807, 2.05) is 4.90 Å². The number of amides is 2. The number of carbonyl (C=O) groups is 2. The van der Waals surface area contributed by atoms with Crippen molar-refractivity contribution in [1.82, 2.24) is 4.90 Å². The molecule has 8 heteroatoms. The van der Waals surface area contributed by atoms with Crippen LogP contribution in [0.2, 0.25) is 0 Å². The van der Waals surface area contributed by atoms with E-state index in [0.717, 1.165) is 63.7 Å². The van der Waals surface area contributed by atoms with Crippen molar-refractivity contribution < 1.29 is 19.8 Å². The summed E-state index contributed by atoms with van der Waals surface area (Å²) in [5, 5.41) is 30.6. The molecule has 1 aliphatic carbocycles. The fraction of sp³-hybridized carbons (Fsp3) is 0.591. The Morgan fingerprint density at radius 1 is 1.20 bits per heavy atom. The van der Waals surface area contributed by atoms with Crippen molar-refractivity contribution in [3.63, 3.8) is 0 Å². The Kier molecular flexibility index (Phi) is 5.56. The highest BCUT2D eigenvalue weighted by molar-refractivity contribution is 5.87. The predicted octanol–water partition coefficient (Wildman–Crippen LogP) is 2.77. The Labute approximate surface area is 176 Å². The second-order valence-corrected chi connectivity index (χ2v) is 8.79. The molecule has 4 rings (SSSR count).